The molecule has 2 aromatic heterocycles. The van der Waals surface area contributed by atoms with Gasteiger partial charge in [-0.1, -0.05) is 29.3 Å². The van der Waals surface area contributed by atoms with Crippen LogP contribution < -0.4 is 0 Å². The predicted molar refractivity (Wildman–Crippen MR) is 101 cm³/mol. The van der Waals surface area contributed by atoms with Gasteiger partial charge >= 0.3 is 0 Å². The molecule has 4 rings (SSSR count). The lowest BCUT2D eigenvalue weighted by Crippen LogP contribution is -2.32. The van der Waals surface area contributed by atoms with Crippen LogP contribution in [0.2, 0.25) is 10.0 Å². The molecule has 3 heterocycles. The zero-order valence-corrected chi connectivity index (χ0v) is 15.6. The van der Waals surface area contributed by atoms with E-state index in [1.54, 1.807) is 12.4 Å². The lowest BCUT2D eigenvalue weighted by molar-refractivity contribution is 0.193. The number of likely N-dealkylation sites (tertiary alicyclic amines) is 1. The van der Waals surface area contributed by atoms with Crippen molar-refractivity contribution in [3.05, 3.63) is 64.2 Å². The summed E-state index contributed by atoms with van der Waals surface area (Å²) in [5, 5.41) is 9.62. The topological polar surface area (TPSA) is 55.1 Å². The molecule has 7 heteroatoms. The van der Waals surface area contributed by atoms with Crippen molar-refractivity contribution in [1.82, 2.24) is 20.1 Å². The highest BCUT2D eigenvalue weighted by Gasteiger charge is 2.25. The zero-order valence-electron chi connectivity index (χ0n) is 14.1. The summed E-state index contributed by atoms with van der Waals surface area (Å²) in [6, 6.07) is 9.60. The number of aromatic nitrogens is 3. The van der Waals surface area contributed by atoms with Crippen LogP contribution in [0.3, 0.4) is 0 Å². The summed E-state index contributed by atoms with van der Waals surface area (Å²) in [6.45, 7) is 2.83. The standard InChI is InChI=1S/C19H18Cl2N4O/c20-16-4-3-13(10-17(16)21)12-25-8-5-14(6-9-25)18-23-24-19(26-18)15-2-1-7-22-11-15/h1-4,7,10-11,14H,5-6,8-9,12H2. The van der Waals surface area contributed by atoms with Gasteiger partial charge in [0.1, 0.15) is 0 Å². The van der Waals surface area contributed by atoms with Crippen molar-refractivity contribution >= 4 is 23.2 Å². The van der Waals surface area contributed by atoms with Gasteiger partial charge in [0, 0.05) is 24.9 Å². The molecule has 0 amide bonds. The molecular weight excluding hydrogens is 371 g/mol. The van der Waals surface area contributed by atoms with E-state index in [1.165, 1.54) is 5.56 Å². The Balaban J connectivity index is 1.36. The van der Waals surface area contributed by atoms with Gasteiger partial charge in [-0.25, -0.2) is 0 Å². The maximum atomic E-state index is 6.11. The van der Waals surface area contributed by atoms with Crippen molar-refractivity contribution in [2.45, 2.75) is 25.3 Å². The second kappa shape index (κ2) is 7.74. The minimum Gasteiger partial charge on any atom is -0.420 e. The first-order chi connectivity index (χ1) is 12.7. The second-order valence-electron chi connectivity index (χ2n) is 6.49. The van der Waals surface area contributed by atoms with E-state index in [1.807, 2.05) is 30.3 Å². The fourth-order valence-corrected chi connectivity index (χ4v) is 3.56. The summed E-state index contributed by atoms with van der Waals surface area (Å²) in [6.07, 6.45) is 5.45. The van der Waals surface area contributed by atoms with E-state index in [0.717, 1.165) is 43.9 Å². The van der Waals surface area contributed by atoms with Crippen molar-refractivity contribution in [3.63, 3.8) is 0 Å². The van der Waals surface area contributed by atoms with Crippen LogP contribution in [0, 0.1) is 0 Å². The Labute approximate surface area is 162 Å². The third-order valence-electron chi connectivity index (χ3n) is 4.68. The molecule has 0 atom stereocenters. The molecule has 1 aliphatic heterocycles. The molecule has 0 saturated carbocycles. The number of pyridine rings is 1. The first kappa shape index (κ1) is 17.5. The van der Waals surface area contributed by atoms with E-state index in [4.69, 9.17) is 27.6 Å². The molecule has 1 fully saturated rings. The average molecular weight is 389 g/mol. The molecule has 1 aromatic carbocycles. The molecule has 0 spiro atoms. The molecule has 26 heavy (non-hydrogen) atoms. The van der Waals surface area contributed by atoms with Gasteiger partial charge in [-0.2, -0.15) is 0 Å². The number of hydrogen-bond acceptors (Lipinski definition) is 5. The molecule has 134 valence electrons. The smallest absolute Gasteiger partial charge is 0.249 e. The molecule has 0 radical (unpaired) electrons. The van der Waals surface area contributed by atoms with Gasteiger partial charge in [0.25, 0.3) is 0 Å². The van der Waals surface area contributed by atoms with Crippen molar-refractivity contribution in [2.24, 2.45) is 0 Å². The van der Waals surface area contributed by atoms with Crippen molar-refractivity contribution in [3.8, 4) is 11.5 Å². The normalized spacial score (nSPS) is 16.1. The largest absolute Gasteiger partial charge is 0.420 e. The monoisotopic (exact) mass is 388 g/mol. The van der Waals surface area contributed by atoms with Crippen molar-refractivity contribution in [1.29, 1.82) is 0 Å². The minimum absolute atomic E-state index is 0.304. The Morgan fingerprint density at radius 2 is 1.92 bits per heavy atom. The highest BCUT2D eigenvalue weighted by molar-refractivity contribution is 6.42. The van der Waals surface area contributed by atoms with Crippen LogP contribution in [0.5, 0.6) is 0 Å². The molecule has 0 unspecified atom stereocenters. The van der Waals surface area contributed by atoms with Crippen LogP contribution in [0.1, 0.15) is 30.2 Å². The zero-order chi connectivity index (χ0) is 17.9. The molecule has 1 saturated heterocycles. The van der Waals surface area contributed by atoms with E-state index in [-0.39, 0.29) is 0 Å². The highest BCUT2D eigenvalue weighted by atomic mass is 35.5. The first-order valence-corrected chi connectivity index (χ1v) is 9.35. The van der Waals surface area contributed by atoms with Crippen LogP contribution in [0.25, 0.3) is 11.5 Å². The molecule has 1 aliphatic rings. The predicted octanol–water partition coefficient (Wildman–Crippen LogP) is 4.82. The maximum absolute atomic E-state index is 6.11. The number of rotatable bonds is 4. The number of piperidine rings is 1. The Hall–Kier alpha value is -1.95. The van der Waals surface area contributed by atoms with Gasteiger partial charge in [-0.05, 0) is 55.8 Å². The highest BCUT2D eigenvalue weighted by Crippen LogP contribution is 2.30. The van der Waals surface area contributed by atoms with Crippen LogP contribution in [0.4, 0.5) is 0 Å². The minimum atomic E-state index is 0.304. The maximum Gasteiger partial charge on any atom is 0.249 e. The Kier molecular flexibility index (Phi) is 5.20. The lowest BCUT2D eigenvalue weighted by Gasteiger charge is -2.30. The molecule has 0 aliphatic carbocycles. The molecule has 3 aromatic rings. The third kappa shape index (κ3) is 3.90. The van der Waals surface area contributed by atoms with E-state index < -0.39 is 0 Å². The number of hydrogen-bond donors (Lipinski definition) is 0. The van der Waals surface area contributed by atoms with Gasteiger partial charge in [-0.3, -0.25) is 9.88 Å². The van der Waals surface area contributed by atoms with Crippen molar-refractivity contribution in [2.75, 3.05) is 13.1 Å². The van der Waals surface area contributed by atoms with Gasteiger partial charge < -0.3 is 4.42 Å². The van der Waals surface area contributed by atoms with Crippen LogP contribution in [-0.4, -0.2) is 33.2 Å². The molecule has 5 nitrogen and oxygen atoms in total. The van der Waals surface area contributed by atoms with Crippen LogP contribution in [-0.2, 0) is 6.54 Å². The molecular formula is C19H18Cl2N4O. The fraction of sp³-hybridized carbons (Fsp3) is 0.316. The summed E-state index contributed by atoms with van der Waals surface area (Å²) in [7, 11) is 0. The number of benzene rings is 1. The number of nitrogens with zero attached hydrogens (tertiary/aromatic N) is 4. The molecule has 0 bridgehead atoms. The van der Waals surface area contributed by atoms with Crippen molar-refractivity contribution < 1.29 is 4.42 Å². The van der Waals surface area contributed by atoms with E-state index >= 15 is 0 Å². The first-order valence-electron chi connectivity index (χ1n) is 8.59. The van der Waals surface area contributed by atoms with E-state index in [9.17, 15) is 0 Å². The van der Waals surface area contributed by atoms with Crippen LogP contribution in [0.15, 0.2) is 47.1 Å². The Bertz CT molecular complexity index is 876. The average Bonchev–Trinajstić information content (AvgIpc) is 3.16. The summed E-state index contributed by atoms with van der Waals surface area (Å²) in [5.74, 6) is 1.56. The van der Waals surface area contributed by atoms with Gasteiger partial charge in [0.2, 0.25) is 11.8 Å². The number of halogens is 2. The van der Waals surface area contributed by atoms with Gasteiger partial charge in [0.15, 0.2) is 0 Å². The summed E-state index contributed by atoms with van der Waals surface area (Å²) < 4.78 is 5.88. The van der Waals surface area contributed by atoms with E-state index in [0.29, 0.717) is 21.9 Å². The van der Waals surface area contributed by atoms with Gasteiger partial charge in [0.05, 0.1) is 15.6 Å². The summed E-state index contributed by atoms with van der Waals surface area (Å²) >= 11 is 12.1. The summed E-state index contributed by atoms with van der Waals surface area (Å²) in [5.41, 5.74) is 2.03. The SMILES string of the molecule is Clc1ccc(CN2CCC(c3nnc(-c4cccnc4)o3)CC2)cc1Cl. The fourth-order valence-electron chi connectivity index (χ4n) is 3.24. The Morgan fingerprint density at radius 3 is 2.65 bits per heavy atom. The third-order valence-corrected chi connectivity index (χ3v) is 5.42. The molecule has 0 N–H and O–H groups in total. The van der Waals surface area contributed by atoms with Gasteiger partial charge in [-0.15, -0.1) is 10.2 Å². The lowest BCUT2D eigenvalue weighted by atomic mass is 9.96. The second-order valence-corrected chi connectivity index (χ2v) is 7.30. The quantitative estimate of drug-likeness (QED) is 0.641. The van der Waals surface area contributed by atoms with Crippen LogP contribution >= 0.6 is 23.2 Å². The van der Waals surface area contributed by atoms with E-state index in [2.05, 4.69) is 20.1 Å². The summed E-state index contributed by atoms with van der Waals surface area (Å²) in [4.78, 5) is 6.50. The Morgan fingerprint density at radius 1 is 1.08 bits per heavy atom.